The zero-order chi connectivity index (χ0) is 20.2. The molecule has 2 N–H and O–H groups in total. The topological polar surface area (TPSA) is 93.0 Å². The van der Waals surface area contributed by atoms with E-state index in [1.54, 1.807) is 13.0 Å². The molecule has 2 heterocycles. The van der Waals surface area contributed by atoms with Crippen LogP contribution in [0.3, 0.4) is 0 Å². The number of imidazole rings is 1. The minimum absolute atomic E-state index is 0.204. The molecule has 0 bridgehead atoms. The molecule has 2 aromatic carbocycles. The molecular formula is C21H20N4O3S. The summed E-state index contributed by atoms with van der Waals surface area (Å²) in [7, 11) is 0. The van der Waals surface area contributed by atoms with Gasteiger partial charge in [0.05, 0.1) is 17.6 Å². The van der Waals surface area contributed by atoms with Crippen molar-refractivity contribution in [2.45, 2.75) is 24.3 Å². The van der Waals surface area contributed by atoms with Crippen LogP contribution in [0, 0.1) is 6.92 Å². The van der Waals surface area contributed by atoms with Gasteiger partial charge in [-0.15, -0.1) is 0 Å². The molecule has 4 rings (SSSR count). The molecule has 4 aromatic rings. The molecule has 1 atom stereocenters. The zero-order valence-electron chi connectivity index (χ0n) is 16.0. The first-order valence-electron chi connectivity index (χ1n) is 9.20. The Labute approximate surface area is 171 Å². The second-order valence-electron chi connectivity index (χ2n) is 6.37. The van der Waals surface area contributed by atoms with Crippen LogP contribution in [-0.4, -0.2) is 27.6 Å². The van der Waals surface area contributed by atoms with E-state index in [2.05, 4.69) is 20.4 Å². The number of aromatic nitrogens is 3. The number of thioether (sulfide) groups is 1. The molecule has 1 unspecified atom stereocenters. The third-order valence-corrected chi connectivity index (χ3v) is 5.33. The third-order valence-electron chi connectivity index (χ3n) is 4.19. The van der Waals surface area contributed by atoms with E-state index in [-0.39, 0.29) is 5.91 Å². The lowest BCUT2D eigenvalue weighted by Crippen LogP contribution is -2.19. The van der Waals surface area contributed by atoms with Crippen molar-refractivity contribution >= 4 is 34.5 Å². The van der Waals surface area contributed by atoms with Crippen LogP contribution in [0.1, 0.15) is 23.5 Å². The SMILES string of the molecule is CCOc1ccc2nc(SC(C(=O)Nc3cc(C)on3)c3ccccc3)[nH]c2c1. The van der Waals surface area contributed by atoms with Gasteiger partial charge < -0.3 is 19.6 Å². The van der Waals surface area contributed by atoms with Gasteiger partial charge >= 0.3 is 0 Å². The number of carbonyl (C=O) groups excluding carboxylic acids is 1. The minimum Gasteiger partial charge on any atom is -0.494 e. The van der Waals surface area contributed by atoms with Crippen LogP contribution < -0.4 is 10.1 Å². The van der Waals surface area contributed by atoms with E-state index in [1.807, 2.05) is 55.5 Å². The summed E-state index contributed by atoms with van der Waals surface area (Å²) in [5.41, 5.74) is 2.54. The Morgan fingerprint density at radius 3 is 2.79 bits per heavy atom. The van der Waals surface area contributed by atoms with E-state index < -0.39 is 5.25 Å². The maximum atomic E-state index is 13.0. The highest BCUT2D eigenvalue weighted by molar-refractivity contribution is 8.00. The van der Waals surface area contributed by atoms with E-state index in [1.165, 1.54) is 11.8 Å². The summed E-state index contributed by atoms with van der Waals surface area (Å²) < 4.78 is 10.6. The predicted molar refractivity (Wildman–Crippen MR) is 112 cm³/mol. The number of nitrogens with one attached hydrogen (secondary N) is 2. The number of aryl methyl sites for hydroxylation is 1. The Morgan fingerprint density at radius 1 is 1.24 bits per heavy atom. The van der Waals surface area contributed by atoms with Gasteiger partial charge in [0.1, 0.15) is 16.8 Å². The molecule has 0 aliphatic heterocycles. The Balaban J connectivity index is 1.61. The van der Waals surface area contributed by atoms with Gasteiger partial charge in [0.15, 0.2) is 11.0 Å². The van der Waals surface area contributed by atoms with Crippen LogP contribution in [0.15, 0.2) is 64.3 Å². The second-order valence-corrected chi connectivity index (χ2v) is 7.47. The number of nitrogens with zero attached hydrogens (tertiary/aromatic N) is 2. The molecule has 2 aromatic heterocycles. The van der Waals surface area contributed by atoms with Gasteiger partial charge in [-0.05, 0) is 31.5 Å². The van der Waals surface area contributed by atoms with Crippen molar-refractivity contribution in [2.75, 3.05) is 11.9 Å². The number of hydrogen-bond acceptors (Lipinski definition) is 6. The summed E-state index contributed by atoms with van der Waals surface area (Å²) in [6.45, 7) is 4.31. The van der Waals surface area contributed by atoms with E-state index >= 15 is 0 Å². The quantitative estimate of drug-likeness (QED) is 0.430. The number of H-pyrrole nitrogens is 1. The van der Waals surface area contributed by atoms with Crippen molar-refractivity contribution in [3.63, 3.8) is 0 Å². The summed E-state index contributed by atoms with van der Waals surface area (Å²) >= 11 is 1.34. The molecule has 0 aliphatic carbocycles. The summed E-state index contributed by atoms with van der Waals surface area (Å²) in [4.78, 5) is 20.9. The fourth-order valence-electron chi connectivity index (χ4n) is 2.91. The van der Waals surface area contributed by atoms with Crippen LogP contribution in [0.2, 0.25) is 0 Å². The van der Waals surface area contributed by atoms with Crippen LogP contribution in [0.4, 0.5) is 5.82 Å². The number of hydrogen-bond donors (Lipinski definition) is 2. The molecule has 0 saturated heterocycles. The summed E-state index contributed by atoms with van der Waals surface area (Å²) in [5, 5.41) is 6.80. The number of rotatable bonds is 7. The van der Waals surface area contributed by atoms with Crippen molar-refractivity contribution in [2.24, 2.45) is 0 Å². The molecule has 1 amide bonds. The highest BCUT2D eigenvalue weighted by atomic mass is 32.2. The van der Waals surface area contributed by atoms with Crippen molar-refractivity contribution in [3.05, 3.63) is 65.9 Å². The number of amides is 1. The summed E-state index contributed by atoms with van der Waals surface area (Å²) in [6, 6.07) is 16.9. The van der Waals surface area contributed by atoms with Crippen molar-refractivity contribution in [3.8, 4) is 5.75 Å². The fourth-order valence-corrected chi connectivity index (χ4v) is 3.91. The smallest absolute Gasteiger partial charge is 0.243 e. The Bertz CT molecular complexity index is 1120. The lowest BCUT2D eigenvalue weighted by atomic mass is 10.1. The van der Waals surface area contributed by atoms with Crippen molar-refractivity contribution in [1.82, 2.24) is 15.1 Å². The molecule has 0 spiro atoms. The molecule has 8 heteroatoms. The van der Waals surface area contributed by atoms with Gasteiger partial charge in [0, 0.05) is 12.1 Å². The largest absolute Gasteiger partial charge is 0.494 e. The minimum atomic E-state index is -0.514. The maximum Gasteiger partial charge on any atom is 0.243 e. The van der Waals surface area contributed by atoms with E-state index in [0.29, 0.717) is 23.3 Å². The molecule has 29 heavy (non-hydrogen) atoms. The molecule has 0 aliphatic rings. The monoisotopic (exact) mass is 408 g/mol. The van der Waals surface area contributed by atoms with Crippen molar-refractivity contribution in [1.29, 1.82) is 0 Å². The first-order valence-corrected chi connectivity index (χ1v) is 10.1. The normalized spacial score (nSPS) is 12.1. The average molecular weight is 408 g/mol. The van der Waals surface area contributed by atoms with Gasteiger partial charge in [-0.25, -0.2) is 4.98 Å². The summed E-state index contributed by atoms with van der Waals surface area (Å²) in [5.74, 6) is 1.59. The maximum absolute atomic E-state index is 13.0. The predicted octanol–water partition coefficient (Wildman–Crippen LogP) is 4.73. The molecule has 148 valence electrons. The lowest BCUT2D eigenvalue weighted by molar-refractivity contribution is -0.115. The Hall–Kier alpha value is -3.26. The van der Waals surface area contributed by atoms with E-state index in [0.717, 1.165) is 22.3 Å². The fraction of sp³-hybridized carbons (Fsp3) is 0.190. The van der Waals surface area contributed by atoms with E-state index in [4.69, 9.17) is 9.26 Å². The third kappa shape index (κ3) is 4.43. The second kappa shape index (κ2) is 8.40. The van der Waals surface area contributed by atoms with Crippen LogP contribution in [0.25, 0.3) is 11.0 Å². The molecule has 0 radical (unpaired) electrons. The molecule has 0 fully saturated rings. The number of aromatic amines is 1. The van der Waals surface area contributed by atoms with Gasteiger partial charge in [-0.2, -0.15) is 0 Å². The van der Waals surface area contributed by atoms with E-state index in [9.17, 15) is 4.79 Å². The molecule has 7 nitrogen and oxygen atoms in total. The van der Waals surface area contributed by atoms with Gasteiger partial charge in [-0.3, -0.25) is 4.79 Å². The van der Waals surface area contributed by atoms with Gasteiger partial charge in [0.2, 0.25) is 5.91 Å². The van der Waals surface area contributed by atoms with Gasteiger partial charge in [-0.1, -0.05) is 47.3 Å². The lowest BCUT2D eigenvalue weighted by Gasteiger charge is -2.14. The number of carbonyl (C=O) groups is 1. The number of ether oxygens (including phenoxy) is 1. The van der Waals surface area contributed by atoms with Crippen molar-refractivity contribution < 1.29 is 14.1 Å². The first kappa shape index (κ1) is 19.1. The standard InChI is InChI=1S/C21H20N4O3S/c1-3-27-15-9-10-16-17(12-15)23-21(22-16)29-19(14-7-5-4-6-8-14)20(26)24-18-11-13(2)28-25-18/h4-12,19H,3H2,1-2H3,(H,22,23)(H,24,25,26). The Kier molecular flexibility index (Phi) is 5.53. The Morgan fingerprint density at radius 2 is 2.07 bits per heavy atom. The number of benzene rings is 2. The molecule has 0 saturated carbocycles. The summed E-state index contributed by atoms with van der Waals surface area (Å²) in [6.07, 6.45) is 0. The molecular weight excluding hydrogens is 388 g/mol. The van der Waals surface area contributed by atoms with Crippen LogP contribution in [-0.2, 0) is 4.79 Å². The first-order chi connectivity index (χ1) is 14.1. The average Bonchev–Trinajstić information content (AvgIpc) is 3.32. The highest BCUT2D eigenvalue weighted by Crippen LogP contribution is 2.36. The van der Waals surface area contributed by atoms with Crippen LogP contribution >= 0.6 is 11.8 Å². The van der Waals surface area contributed by atoms with Gasteiger partial charge in [0.25, 0.3) is 0 Å². The number of fused-ring (bicyclic) bond motifs is 1. The zero-order valence-corrected chi connectivity index (χ0v) is 16.8. The van der Waals surface area contributed by atoms with Crippen LogP contribution in [0.5, 0.6) is 5.75 Å². The highest BCUT2D eigenvalue weighted by Gasteiger charge is 2.24. The number of anilines is 1.